The first-order valence-electron chi connectivity index (χ1n) is 6.55. The van der Waals surface area contributed by atoms with Crippen molar-refractivity contribution in [3.8, 4) is 0 Å². The Morgan fingerprint density at radius 2 is 2.11 bits per heavy atom. The maximum Gasteiger partial charge on any atom is 0.389 e. The summed E-state index contributed by atoms with van der Waals surface area (Å²) in [4.78, 5) is 11.9. The first kappa shape index (κ1) is 13.6. The summed E-state index contributed by atoms with van der Waals surface area (Å²) in [5.74, 6) is 0.829. The number of carbonyl (C=O) groups excluding carboxylic acids is 1. The lowest BCUT2D eigenvalue weighted by Crippen LogP contribution is -2.44. The van der Waals surface area contributed by atoms with Crippen LogP contribution in [0.2, 0.25) is 0 Å². The number of carbonyl (C=O) groups is 1. The molecule has 1 saturated heterocycles. The van der Waals surface area contributed by atoms with Crippen molar-refractivity contribution in [3.63, 3.8) is 0 Å². The molecule has 2 rings (SSSR count). The van der Waals surface area contributed by atoms with Gasteiger partial charge in [0, 0.05) is 13.0 Å². The summed E-state index contributed by atoms with van der Waals surface area (Å²) in [7, 11) is 0. The topological polar surface area (TPSA) is 41.1 Å². The van der Waals surface area contributed by atoms with Gasteiger partial charge in [-0.05, 0) is 37.6 Å². The second-order valence-electron chi connectivity index (χ2n) is 5.25. The van der Waals surface area contributed by atoms with E-state index in [-0.39, 0.29) is 24.9 Å². The summed E-state index contributed by atoms with van der Waals surface area (Å²) >= 11 is 0. The van der Waals surface area contributed by atoms with Crippen LogP contribution in [-0.2, 0) is 4.79 Å². The van der Waals surface area contributed by atoms with Crippen molar-refractivity contribution in [2.45, 2.75) is 44.3 Å². The molecule has 1 amide bonds. The van der Waals surface area contributed by atoms with Crippen LogP contribution in [0.3, 0.4) is 0 Å². The van der Waals surface area contributed by atoms with E-state index in [0.717, 1.165) is 25.8 Å². The number of fused-ring (bicyclic) bond motifs is 1. The van der Waals surface area contributed by atoms with Crippen LogP contribution in [0.1, 0.15) is 32.1 Å². The normalized spacial score (nSPS) is 31.4. The lowest BCUT2D eigenvalue weighted by Gasteiger charge is -2.17. The van der Waals surface area contributed by atoms with Gasteiger partial charge >= 0.3 is 6.18 Å². The highest BCUT2D eigenvalue weighted by Crippen LogP contribution is 2.37. The quantitative estimate of drug-likeness (QED) is 0.761. The second-order valence-corrected chi connectivity index (χ2v) is 5.25. The molecule has 3 atom stereocenters. The Morgan fingerprint density at radius 1 is 1.33 bits per heavy atom. The van der Waals surface area contributed by atoms with E-state index in [1.54, 1.807) is 0 Å². The molecule has 2 N–H and O–H groups in total. The Bertz CT molecular complexity index is 306. The van der Waals surface area contributed by atoms with Crippen molar-refractivity contribution in [2.24, 2.45) is 11.8 Å². The van der Waals surface area contributed by atoms with Gasteiger partial charge in [0.25, 0.3) is 0 Å². The van der Waals surface area contributed by atoms with E-state index in [1.165, 1.54) is 0 Å². The molecular weight excluding hydrogens is 245 g/mol. The predicted octanol–water partition coefficient (Wildman–Crippen LogP) is 1.83. The van der Waals surface area contributed by atoms with E-state index < -0.39 is 12.6 Å². The summed E-state index contributed by atoms with van der Waals surface area (Å²) < 4.78 is 35.8. The number of nitrogens with one attached hydrogen (secondary N) is 2. The molecule has 104 valence electrons. The first-order chi connectivity index (χ1) is 8.47. The highest BCUT2D eigenvalue weighted by molar-refractivity contribution is 5.82. The molecule has 6 heteroatoms. The molecule has 1 aliphatic heterocycles. The first-order valence-corrected chi connectivity index (χ1v) is 6.55. The highest BCUT2D eigenvalue weighted by Gasteiger charge is 2.42. The van der Waals surface area contributed by atoms with E-state index in [1.807, 2.05) is 0 Å². The zero-order chi connectivity index (χ0) is 13.2. The molecule has 18 heavy (non-hydrogen) atoms. The van der Waals surface area contributed by atoms with Gasteiger partial charge in [-0.1, -0.05) is 6.42 Å². The van der Waals surface area contributed by atoms with Crippen LogP contribution in [0.25, 0.3) is 0 Å². The van der Waals surface area contributed by atoms with Gasteiger partial charge in [-0.3, -0.25) is 4.79 Å². The molecular formula is C12H19F3N2O. The van der Waals surface area contributed by atoms with E-state index in [9.17, 15) is 18.0 Å². The standard InChI is InChI=1S/C12H19F3N2O/c13-12(14,15)5-2-6-16-11(18)10-9-4-1-3-8(9)7-17-10/h8-10,17H,1-7H2,(H,16,18). The molecule has 0 radical (unpaired) electrons. The van der Waals surface area contributed by atoms with Crippen LogP contribution >= 0.6 is 0 Å². The minimum absolute atomic E-state index is 0.0456. The van der Waals surface area contributed by atoms with Gasteiger partial charge in [0.2, 0.25) is 5.91 Å². The van der Waals surface area contributed by atoms with Gasteiger partial charge in [0.1, 0.15) is 0 Å². The van der Waals surface area contributed by atoms with Crippen molar-refractivity contribution in [1.29, 1.82) is 0 Å². The molecule has 3 nitrogen and oxygen atoms in total. The van der Waals surface area contributed by atoms with Gasteiger partial charge in [-0.25, -0.2) is 0 Å². The summed E-state index contributed by atoms with van der Waals surface area (Å²) in [5.41, 5.74) is 0. The fourth-order valence-corrected chi connectivity index (χ4v) is 3.09. The molecule has 2 aliphatic rings. The molecule has 0 spiro atoms. The minimum atomic E-state index is -4.13. The van der Waals surface area contributed by atoms with Crippen molar-refractivity contribution in [1.82, 2.24) is 10.6 Å². The van der Waals surface area contributed by atoms with Crippen LogP contribution in [0.4, 0.5) is 13.2 Å². The Labute approximate surface area is 104 Å². The van der Waals surface area contributed by atoms with Crippen molar-refractivity contribution in [3.05, 3.63) is 0 Å². The third-order valence-electron chi connectivity index (χ3n) is 3.96. The largest absolute Gasteiger partial charge is 0.389 e. The van der Waals surface area contributed by atoms with E-state index in [4.69, 9.17) is 0 Å². The van der Waals surface area contributed by atoms with Gasteiger partial charge in [-0.15, -0.1) is 0 Å². The third-order valence-corrected chi connectivity index (χ3v) is 3.96. The van der Waals surface area contributed by atoms with Gasteiger partial charge in [0.05, 0.1) is 6.04 Å². The number of hydrogen-bond acceptors (Lipinski definition) is 2. The monoisotopic (exact) mass is 264 g/mol. The van der Waals surface area contributed by atoms with Crippen LogP contribution in [-0.4, -0.2) is 31.2 Å². The van der Waals surface area contributed by atoms with Crippen LogP contribution in [0.5, 0.6) is 0 Å². The van der Waals surface area contributed by atoms with Gasteiger partial charge in [-0.2, -0.15) is 13.2 Å². The lowest BCUT2D eigenvalue weighted by atomic mass is 9.93. The highest BCUT2D eigenvalue weighted by atomic mass is 19.4. The second kappa shape index (κ2) is 5.47. The Hall–Kier alpha value is -0.780. The number of amides is 1. The Kier molecular flexibility index (Phi) is 4.14. The molecule has 0 aromatic heterocycles. The van der Waals surface area contributed by atoms with E-state index in [2.05, 4.69) is 10.6 Å². The summed E-state index contributed by atoms with van der Waals surface area (Å²) in [5, 5.41) is 5.79. The smallest absolute Gasteiger partial charge is 0.355 e. The molecule has 1 aliphatic carbocycles. The predicted molar refractivity (Wildman–Crippen MR) is 60.9 cm³/mol. The molecule has 0 aromatic rings. The van der Waals surface area contributed by atoms with Gasteiger partial charge in [0.15, 0.2) is 0 Å². The van der Waals surface area contributed by atoms with Crippen molar-refractivity contribution >= 4 is 5.91 Å². The molecule has 0 aromatic carbocycles. The maximum atomic E-state index is 11.9. The Morgan fingerprint density at radius 3 is 2.83 bits per heavy atom. The SMILES string of the molecule is O=C(NCCCC(F)(F)F)C1NCC2CCCC21. The van der Waals surface area contributed by atoms with Crippen molar-refractivity contribution < 1.29 is 18.0 Å². The number of rotatable bonds is 4. The minimum Gasteiger partial charge on any atom is -0.355 e. The number of alkyl halides is 3. The van der Waals surface area contributed by atoms with Crippen LogP contribution in [0.15, 0.2) is 0 Å². The van der Waals surface area contributed by atoms with Crippen LogP contribution in [0, 0.1) is 11.8 Å². The summed E-state index contributed by atoms with van der Waals surface area (Å²) in [6.45, 7) is 0.971. The third kappa shape index (κ3) is 3.37. The van der Waals surface area contributed by atoms with Crippen LogP contribution < -0.4 is 10.6 Å². The summed E-state index contributed by atoms with van der Waals surface area (Å²) in [6.07, 6.45) is -1.64. The zero-order valence-corrected chi connectivity index (χ0v) is 10.2. The number of hydrogen-bond donors (Lipinski definition) is 2. The average molecular weight is 264 g/mol. The molecule has 2 fully saturated rings. The maximum absolute atomic E-state index is 11.9. The molecule has 1 saturated carbocycles. The molecule has 1 heterocycles. The van der Waals surface area contributed by atoms with E-state index >= 15 is 0 Å². The fourth-order valence-electron chi connectivity index (χ4n) is 3.09. The zero-order valence-electron chi connectivity index (χ0n) is 10.2. The fraction of sp³-hybridized carbons (Fsp3) is 0.917. The molecule has 3 unspecified atom stereocenters. The van der Waals surface area contributed by atoms with Crippen molar-refractivity contribution in [2.75, 3.05) is 13.1 Å². The lowest BCUT2D eigenvalue weighted by molar-refractivity contribution is -0.136. The average Bonchev–Trinajstić information content (AvgIpc) is 2.83. The van der Waals surface area contributed by atoms with Gasteiger partial charge < -0.3 is 10.6 Å². The summed E-state index contributed by atoms with van der Waals surface area (Å²) in [6, 6.07) is -0.191. The van der Waals surface area contributed by atoms with E-state index in [0.29, 0.717) is 11.8 Å². The Balaban J connectivity index is 1.69. The number of halogens is 3. The molecule has 0 bridgehead atoms.